The van der Waals surface area contributed by atoms with E-state index in [2.05, 4.69) is 22.0 Å². The molecule has 0 unspecified atom stereocenters. The van der Waals surface area contributed by atoms with Crippen LogP contribution in [0.2, 0.25) is 0 Å². The maximum atomic E-state index is 11.5. The molecule has 1 aromatic heterocycles. The van der Waals surface area contributed by atoms with Gasteiger partial charge in [0, 0.05) is 24.4 Å². The molecule has 0 radical (unpaired) electrons. The van der Waals surface area contributed by atoms with Crippen LogP contribution in [0, 0.1) is 0 Å². The van der Waals surface area contributed by atoms with Gasteiger partial charge in [-0.3, -0.25) is 9.59 Å². The first-order valence-corrected chi connectivity index (χ1v) is 6.80. The van der Waals surface area contributed by atoms with Crippen LogP contribution in [-0.2, 0) is 16.0 Å². The highest BCUT2D eigenvalue weighted by Gasteiger charge is 2.23. The van der Waals surface area contributed by atoms with Crippen LogP contribution in [0.15, 0.2) is 15.9 Å². The highest BCUT2D eigenvalue weighted by atomic mass is 79.9. The predicted octanol–water partition coefficient (Wildman–Crippen LogP) is 2.24. The number of ketones is 1. The van der Waals surface area contributed by atoms with E-state index in [1.54, 1.807) is 16.2 Å². The van der Waals surface area contributed by atoms with E-state index in [9.17, 15) is 9.59 Å². The largest absolute Gasteiger partial charge is 0.342 e. The molecule has 0 N–H and O–H groups in total. The van der Waals surface area contributed by atoms with Crippen molar-refractivity contribution < 1.29 is 9.59 Å². The van der Waals surface area contributed by atoms with Crippen molar-refractivity contribution in [1.29, 1.82) is 0 Å². The quantitative estimate of drug-likeness (QED) is 0.803. The molecule has 16 heavy (non-hydrogen) atoms. The van der Waals surface area contributed by atoms with Crippen LogP contribution in [0.25, 0.3) is 0 Å². The maximum absolute atomic E-state index is 11.5. The number of likely N-dealkylation sites (tertiary alicyclic amines) is 1. The van der Waals surface area contributed by atoms with E-state index in [1.165, 1.54) is 4.88 Å². The van der Waals surface area contributed by atoms with Gasteiger partial charge in [-0.15, -0.1) is 11.3 Å². The van der Waals surface area contributed by atoms with Gasteiger partial charge in [-0.2, -0.15) is 0 Å². The topological polar surface area (TPSA) is 37.4 Å². The Kier molecular flexibility index (Phi) is 3.76. The molecule has 0 atom stereocenters. The van der Waals surface area contributed by atoms with E-state index in [1.807, 2.05) is 6.07 Å². The molecule has 1 fully saturated rings. The molecule has 5 heteroatoms. The van der Waals surface area contributed by atoms with Crippen LogP contribution >= 0.6 is 27.3 Å². The molecular formula is C11H12BrNO2S. The third-order valence-electron chi connectivity index (χ3n) is 2.62. The SMILES string of the molecule is O=C1CCN(CCc2ccc(Br)s2)C(=O)C1. The van der Waals surface area contributed by atoms with E-state index in [-0.39, 0.29) is 18.1 Å². The molecule has 1 saturated heterocycles. The highest BCUT2D eigenvalue weighted by Crippen LogP contribution is 2.22. The number of rotatable bonds is 3. The molecule has 3 nitrogen and oxygen atoms in total. The van der Waals surface area contributed by atoms with E-state index < -0.39 is 0 Å². The lowest BCUT2D eigenvalue weighted by Crippen LogP contribution is -2.40. The standard InChI is InChI=1S/C11H12BrNO2S/c12-10-2-1-9(16-10)4-6-13-5-3-8(14)7-11(13)15/h1-2H,3-7H2. The summed E-state index contributed by atoms with van der Waals surface area (Å²) in [5, 5.41) is 0. The number of halogens is 1. The monoisotopic (exact) mass is 301 g/mol. The molecule has 0 aliphatic carbocycles. The van der Waals surface area contributed by atoms with Gasteiger partial charge >= 0.3 is 0 Å². The Balaban J connectivity index is 1.86. The number of hydrogen-bond donors (Lipinski definition) is 0. The zero-order valence-corrected chi connectivity index (χ0v) is 11.1. The van der Waals surface area contributed by atoms with Crippen molar-refractivity contribution in [3.8, 4) is 0 Å². The fourth-order valence-corrected chi connectivity index (χ4v) is 3.19. The Morgan fingerprint density at radius 2 is 2.19 bits per heavy atom. The summed E-state index contributed by atoms with van der Waals surface area (Å²) in [6.45, 7) is 1.31. The van der Waals surface area contributed by atoms with Gasteiger partial charge < -0.3 is 4.90 Å². The molecule has 1 aliphatic heterocycles. The van der Waals surface area contributed by atoms with Crippen molar-refractivity contribution in [3.63, 3.8) is 0 Å². The van der Waals surface area contributed by atoms with E-state index in [0.717, 1.165) is 16.8 Å². The van der Waals surface area contributed by atoms with Crippen LogP contribution in [-0.4, -0.2) is 29.7 Å². The van der Waals surface area contributed by atoms with Crippen molar-refractivity contribution in [2.24, 2.45) is 0 Å². The number of piperidine rings is 1. The van der Waals surface area contributed by atoms with E-state index in [4.69, 9.17) is 0 Å². The van der Waals surface area contributed by atoms with Gasteiger partial charge in [0.05, 0.1) is 10.2 Å². The Labute approximate surface area is 107 Å². The summed E-state index contributed by atoms with van der Waals surface area (Å²) in [5.41, 5.74) is 0. The maximum Gasteiger partial charge on any atom is 0.230 e. The first-order chi connectivity index (χ1) is 7.65. The second-order valence-corrected chi connectivity index (χ2v) is 6.35. The number of Topliss-reactive ketones (excluding diaryl/α,β-unsaturated/α-hetero) is 1. The van der Waals surface area contributed by atoms with Gasteiger partial charge in [-0.25, -0.2) is 0 Å². The lowest BCUT2D eigenvalue weighted by atomic mass is 10.1. The van der Waals surface area contributed by atoms with Crippen LogP contribution in [0.3, 0.4) is 0 Å². The zero-order chi connectivity index (χ0) is 11.5. The highest BCUT2D eigenvalue weighted by molar-refractivity contribution is 9.11. The molecule has 0 bridgehead atoms. The molecule has 86 valence electrons. The van der Waals surface area contributed by atoms with Crippen LogP contribution < -0.4 is 0 Å². The molecule has 0 aromatic carbocycles. The van der Waals surface area contributed by atoms with Crippen molar-refractivity contribution in [2.45, 2.75) is 19.3 Å². The summed E-state index contributed by atoms with van der Waals surface area (Å²) in [7, 11) is 0. The molecule has 1 aliphatic rings. The average Bonchev–Trinajstić information content (AvgIpc) is 2.63. The van der Waals surface area contributed by atoms with Crippen LogP contribution in [0.1, 0.15) is 17.7 Å². The summed E-state index contributed by atoms with van der Waals surface area (Å²) in [5.74, 6) is 0.0481. The number of nitrogens with zero attached hydrogens (tertiary/aromatic N) is 1. The minimum Gasteiger partial charge on any atom is -0.342 e. The van der Waals surface area contributed by atoms with Gasteiger partial charge in [0.15, 0.2) is 0 Å². The second-order valence-electron chi connectivity index (χ2n) is 3.80. The van der Waals surface area contributed by atoms with E-state index >= 15 is 0 Å². The fourth-order valence-electron chi connectivity index (χ4n) is 1.72. The first-order valence-electron chi connectivity index (χ1n) is 5.19. The molecule has 0 spiro atoms. The summed E-state index contributed by atoms with van der Waals surface area (Å²) < 4.78 is 1.11. The van der Waals surface area contributed by atoms with Gasteiger partial charge in [0.1, 0.15) is 5.78 Å². The van der Waals surface area contributed by atoms with Crippen molar-refractivity contribution in [2.75, 3.05) is 13.1 Å². The Morgan fingerprint density at radius 3 is 2.81 bits per heavy atom. The first kappa shape index (κ1) is 11.8. The Hall–Kier alpha value is -0.680. The molecule has 2 heterocycles. The number of carbonyl (C=O) groups is 2. The lowest BCUT2D eigenvalue weighted by molar-refractivity contribution is -0.139. The number of amides is 1. The lowest BCUT2D eigenvalue weighted by Gasteiger charge is -2.25. The molecular weight excluding hydrogens is 290 g/mol. The molecule has 0 saturated carbocycles. The molecule has 2 rings (SSSR count). The number of thiophene rings is 1. The predicted molar refractivity (Wildman–Crippen MR) is 66.5 cm³/mol. The van der Waals surface area contributed by atoms with Crippen molar-refractivity contribution in [3.05, 3.63) is 20.8 Å². The Morgan fingerprint density at radius 1 is 1.38 bits per heavy atom. The summed E-state index contributed by atoms with van der Waals surface area (Å²) in [4.78, 5) is 25.6. The minimum atomic E-state index is -0.0214. The van der Waals surface area contributed by atoms with Gasteiger partial charge in [-0.1, -0.05) is 0 Å². The summed E-state index contributed by atoms with van der Waals surface area (Å²) >= 11 is 5.10. The summed E-state index contributed by atoms with van der Waals surface area (Å²) in [6.07, 6.45) is 1.48. The minimum absolute atomic E-state index is 0.0214. The Bertz CT molecular complexity index is 416. The second kappa shape index (κ2) is 5.10. The van der Waals surface area contributed by atoms with Crippen molar-refractivity contribution in [1.82, 2.24) is 4.90 Å². The van der Waals surface area contributed by atoms with Crippen molar-refractivity contribution >= 4 is 39.0 Å². The van der Waals surface area contributed by atoms with Gasteiger partial charge in [0.2, 0.25) is 5.91 Å². The summed E-state index contributed by atoms with van der Waals surface area (Å²) in [6, 6.07) is 4.08. The van der Waals surface area contributed by atoms with E-state index in [0.29, 0.717) is 13.0 Å². The van der Waals surface area contributed by atoms with Crippen LogP contribution in [0.4, 0.5) is 0 Å². The van der Waals surface area contributed by atoms with Gasteiger partial charge in [0.25, 0.3) is 0 Å². The molecule has 1 aromatic rings. The smallest absolute Gasteiger partial charge is 0.230 e. The normalized spacial score (nSPS) is 16.9. The molecule has 1 amide bonds. The van der Waals surface area contributed by atoms with Crippen LogP contribution in [0.5, 0.6) is 0 Å². The third kappa shape index (κ3) is 2.92. The number of carbonyl (C=O) groups excluding carboxylic acids is 2. The average molecular weight is 302 g/mol. The third-order valence-corrected chi connectivity index (χ3v) is 4.30. The fraction of sp³-hybridized carbons (Fsp3) is 0.455. The number of hydrogen-bond acceptors (Lipinski definition) is 3. The zero-order valence-electron chi connectivity index (χ0n) is 8.74. The van der Waals surface area contributed by atoms with Gasteiger partial charge in [-0.05, 0) is 34.5 Å².